The first-order valence-electron chi connectivity index (χ1n) is 8.73. The second-order valence-electron chi connectivity index (χ2n) is 6.78. The Morgan fingerprint density at radius 1 is 1.04 bits per heavy atom. The number of carbonyl (C=O) groups excluding carboxylic acids is 2. The first-order chi connectivity index (χ1) is 12.7. The van der Waals surface area contributed by atoms with Gasteiger partial charge < -0.3 is 9.64 Å². The molecular weight excluding hydrogens is 385 g/mol. The maximum absolute atomic E-state index is 12.4. The third kappa shape index (κ3) is 5.24. The summed E-state index contributed by atoms with van der Waals surface area (Å²) in [5.74, 6) is 0.524. The first kappa shape index (κ1) is 21.3. The largest absolute Gasteiger partial charge is 0.484 e. The van der Waals surface area contributed by atoms with E-state index in [1.807, 2.05) is 39.8 Å². The van der Waals surface area contributed by atoms with Crippen molar-refractivity contribution in [2.45, 2.75) is 39.8 Å². The minimum absolute atomic E-state index is 0.0226. The van der Waals surface area contributed by atoms with Gasteiger partial charge in [0.25, 0.3) is 5.91 Å². The summed E-state index contributed by atoms with van der Waals surface area (Å²) in [5.41, 5.74) is 1.87. The highest BCUT2D eigenvalue weighted by atomic mass is 35.5. The number of hydrogen-bond acceptors (Lipinski definition) is 3. The lowest BCUT2D eigenvalue weighted by molar-refractivity contribution is -0.136. The molecule has 2 rings (SSSR count). The summed E-state index contributed by atoms with van der Waals surface area (Å²) in [6.45, 7) is 7.91. The number of nitrogens with zero attached hydrogens (tertiary/aromatic N) is 1. The smallest absolute Gasteiger partial charge is 0.260 e. The second kappa shape index (κ2) is 9.25. The molecule has 0 bridgehead atoms. The van der Waals surface area contributed by atoms with Gasteiger partial charge in [0.15, 0.2) is 6.61 Å². The van der Waals surface area contributed by atoms with Crippen LogP contribution in [0.2, 0.25) is 10.0 Å². The number of rotatable bonds is 7. The molecule has 1 amide bonds. The van der Waals surface area contributed by atoms with Crippen LogP contribution >= 0.6 is 23.2 Å². The Hall–Kier alpha value is -2.04. The topological polar surface area (TPSA) is 46.6 Å². The van der Waals surface area contributed by atoms with Gasteiger partial charge in [-0.3, -0.25) is 9.59 Å². The average molecular weight is 408 g/mol. The number of benzene rings is 2. The van der Waals surface area contributed by atoms with Crippen LogP contribution in [0.1, 0.15) is 38.1 Å². The molecule has 6 heteroatoms. The fourth-order valence-electron chi connectivity index (χ4n) is 3.05. The van der Waals surface area contributed by atoms with Crippen LogP contribution < -0.4 is 4.74 Å². The molecule has 2 aromatic rings. The normalized spacial score (nSPS) is 11.0. The Kier molecular flexibility index (Phi) is 7.28. The summed E-state index contributed by atoms with van der Waals surface area (Å²) in [4.78, 5) is 25.1. The Balaban J connectivity index is 2.12. The maximum Gasteiger partial charge on any atom is 0.260 e. The minimum atomic E-state index is -0.0559. The quantitative estimate of drug-likeness (QED) is 0.569. The second-order valence-corrected chi connectivity index (χ2v) is 7.59. The molecule has 0 atom stereocenters. The Morgan fingerprint density at radius 2 is 1.56 bits per heavy atom. The molecule has 0 fully saturated rings. The van der Waals surface area contributed by atoms with Gasteiger partial charge in [0.05, 0.1) is 10.0 Å². The van der Waals surface area contributed by atoms with Gasteiger partial charge in [-0.15, -0.1) is 0 Å². The van der Waals surface area contributed by atoms with E-state index >= 15 is 0 Å². The van der Waals surface area contributed by atoms with Crippen molar-refractivity contribution in [1.29, 1.82) is 0 Å². The maximum atomic E-state index is 12.4. The number of amides is 1. The molecule has 0 aliphatic heterocycles. The lowest BCUT2D eigenvalue weighted by atomic mass is 10.0. The zero-order chi connectivity index (χ0) is 20.1. The highest BCUT2D eigenvalue weighted by Gasteiger charge is 2.20. The lowest BCUT2D eigenvalue weighted by Gasteiger charge is -2.30. The van der Waals surface area contributed by atoms with Crippen LogP contribution in [0.4, 0.5) is 0 Å². The van der Waals surface area contributed by atoms with Crippen molar-refractivity contribution in [2.75, 3.05) is 6.61 Å². The number of carbonyl (C=O) groups is 2. The van der Waals surface area contributed by atoms with Crippen molar-refractivity contribution >= 4 is 35.4 Å². The Labute approximate surface area is 170 Å². The van der Waals surface area contributed by atoms with Gasteiger partial charge in [-0.25, -0.2) is 0 Å². The van der Waals surface area contributed by atoms with Gasteiger partial charge in [-0.1, -0.05) is 35.3 Å². The first-order valence-corrected chi connectivity index (χ1v) is 9.48. The third-order valence-corrected chi connectivity index (χ3v) is 4.70. The van der Waals surface area contributed by atoms with Gasteiger partial charge in [0.1, 0.15) is 12.0 Å². The van der Waals surface area contributed by atoms with Crippen molar-refractivity contribution in [2.24, 2.45) is 0 Å². The van der Waals surface area contributed by atoms with Crippen LogP contribution in [0.15, 0.2) is 36.4 Å². The summed E-state index contributed by atoms with van der Waals surface area (Å²) >= 11 is 12.5. The molecule has 0 saturated carbocycles. The SMILES string of the molecule is CC(C)N(C(=O)COc1ccc(-c2c(Cl)cc(C=O)cc2Cl)cc1)C(C)C. The van der Waals surface area contributed by atoms with Crippen LogP contribution in [0, 0.1) is 0 Å². The monoisotopic (exact) mass is 407 g/mol. The Morgan fingerprint density at radius 3 is 2.00 bits per heavy atom. The van der Waals surface area contributed by atoms with Crippen LogP contribution in [-0.4, -0.2) is 35.8 Å². The minimum Gasteiger partial charge on any atom is -0.484 e. The fraction of sp³-hybridized carbons (Fsp3) is 0.333. The molecule has 4 nitrogen and oxygen atoms in total. The third-order valence-electron chi connectivity index (χ3n) is 4.11. The number of hydrogen-bond donors (Lipinski definition) is 0. The number of ether oxygens (including phenoxy) is 1. The van der Waals surface area contributed by atoms with Crippen molar-refractivity contribution in [1.82, 2.24) is 4.90 Å². The highest BCUT2D eigenvalue weighted by molar-refractivity contribution is 6.39. The highest BCUT2D eigenvalue weighted by Crippen LogP contribution is 2.36. The molecule has 0 heterocycles. The van der Waals surface area contributed by atoms with E-state index in [4.69, 9.17) is 27.9 Å². The fourth-order valence-corrected chi connectivity index (χ4v) is 3.77. The van der Waals surface area contributed by atoms with Crippen molar-refractivity contribution < 1.29 is 14.3 Å². The molecular formula is C21H23Cl2NO3. The predicted molar refractivity (Wildman–Crippen MR) is 110 cm³/mol. The summed E-state index contributed by atoms with van der Waals surface area (Å²) in [5, 5.41) is 0.802. The molecule has 0 aliphatic rings. The van der Waals surface area contributed by atoms with E-state index in [2.05, 4.69) is 0 Å². The van der Waals surface area contributed by atoms with Crippen LogP contribution in [-0.2, 0) is 4.79 Å². The van der Waals surface area contributed by atoms with Gasteiger partial charge in [-0.2, -0.15) is 0 Å². The van der Waals surface area contributed by atoms with Gasteiger partial charge in [0.2, 0.25) is 0 Å². The molecule has 2 aromatic carbocycles. The molecule has 0 unspecified atom stereocenters. The molecule has 0 radical (unpaired) electrons. The standard InChI is InChI=1S/C21H23Cl2NO3/c1-13(2)24(14(3)4)20(26)12-27-17-7-5-16(6-8-17)21-18(22)9-15(11-25)10-19(21)23/h5-11,13-14H,12H2,1-4H3. The predicted octanol–water partition coefficient (Wildman–Crippen LogP) is 5.50. The molecule has 0 saturated heterocycles. The van der Waals surface area contributed by atoms with Crippen LogP contribution in [0.3, 0.4) is 0 Å². The van der Waals surface area contributed by atoms with E-state index in [1.54, 1.807) is 29.2 Å². The zero-order valence-electron chi connectivity index (χ0n) is 15.8. The van der Waals surface area contributed by atoms with E-state index in [0.717, 1.165) is 5.56 Å². The molecule has 27 heavy (non-hydrogen) atoms. The van der Waals surface area contributed by atoms with Crippen molar-refractivity contribution in [3.05, 3.63) is 52.0 Å². The summed E-state index contributed by atoms with van der Waals surface area (Å²) in [6, 6.07) is 10.5. The zero-order valence-corrected chi connectivity index (χ0v) is 17.3. The molecule has 0 aromatic heterocycles. The van der Waals surface area contributed by atoms with Crippen molar-refractivity contribution in [3.63, 3.8) is 0 Å². The molecule has 0 aliphatic carbocycles. The lowest BCUT2D eigenvalue weighted by Crippen LogP contribution is -2.44. The van der Waals surface area contributed by atoms with Gasteiger partial charge >= 0.3 is 0 Å². The van der Waals surface area contributed by atoms with Gasteiger partial charge in [-0.05, 0) is 57.5 Å². The Bertz CT molecular complexity index is 786. The summed E-state index contributed by atoms with van der Waals surface area (Å²) in [6.07, 6.45) is 0.701. The van der Waals surface area contributed by atoms with E-state index < -0.39 is 0 Å². The van der Waals surface area contributed by atoms with E-state index in [-0.39, 0.29) is 24.6 Å². The molecule has 0 N–H and O–H groups in total. The van der Waals surface area contributed by atoms with Crippen LogP contribution in [0.5, 0.6) is 5.75 Å². The van der Waals surface area contributed by atoms with Crippen molar-refractivity contribution in [3.8, 4) is 16.9 Å². The molecule has 0 spiro atoms. The van der Waals surface area contributed by atoms with Crippen LogP contribution in [0.25, 0.3) is 11.1 Å². The van der Waals surface area contributed by atoms with E-state index in [0.29, 0.717) is 33.2 Å². The van der Waals surface area contributed by atoms with E-state index in [1.165, 1.54) is 0 Å². The number of aldehydes is 1. The average Bonchev–Trinajstić information content (AvgIpc) is 2.59. The number of halogens is 2. The molecule has 144 valence electrons. The summed E-state index contributed by atoms with van der Waals surface area (Å²) in [7, 11) is 0. The van der Waals surface area contributed by atoms with E-state index in [9.17, 15) is 9.59 Å². The van der Waals surface area contributed by atoms with Gasteiger partial charge in [0, 0.05) is 23.2 Å². The summed E-state index contributed by atoms with van der Waals surface area (Å²) < 4.78 is 5.63.